The number of aromatic nitrogens is 3. The molecule has 0 aliphatic carbocycles. The van der Waals surface area contributed by atoms with Crippen LogP contribution in [-0.2, 0) is 6.42 Å². The van der Waals surface area contributed by atoms with Crippen LogP contribution in [0, 0.1) is 13.8 Å². The monoisotopic (exact) mass is 336 g/mol. The van der Waals surface area contributed by atoms with E-state index in [1.54, 1.807) is 10.7 Å². The SMILES string of the molecule is Cc1cc(C)n2ncc(C(=O)NCCc3ccc(C(C)C)cc3)c2n1. The Hall–Kier alpha value is -2.69. The summed E-state index contributed by atoms with van der Waals surface area (Å²) in [6.45, 7) is 8.83. The van der Waals surface area contributed by atoms with Gasteiger partial charge in [-0.15, -0.1) is 0 Å². The zero-order valence-electron chi connectivity index (χ0n) is 15.2. The molecule has 1 N–H and O–H groups in total. The van der Waals surface area contributed by atoms with Gasteiger partial charge in [-0.25, -0.2) is 9.50 Å². The van der Waals surface area contributed by atoms with E-state index in [1.807, 2.05) is 19.9 Å². The summed E-state index contributed by atoms with van der Waals surface area (Å²) in [5.74, 6) is 0.398. The molecule has 3 rings (SSSR count). The van der Waals surface area contributed by atoms with Crippen LogP contribution in [0.5, 0.6) is 0 Å². The molecular formula is C20H24N4O. The topological polar surface area (TPSA) is 59.3 Å². The molecule has 1 aromatic carbocycles. The summed E-state index contributed by atoms with van der Waals surface area (Å²) < 4.78 is 1.70. The summed E-state index contributed by atoms with van der Waals surface area (Å²) in [4.78, 5) is 16.9. The number of rotatable bonds is 5. The molecule has 2 aromatic heterocycles. The Morgan fingerprint density at radius 2 is 1.92 bits per heavy atom. The fourth-order valence-electron chi connectivity index (χ4n) is 2.92. The molecule has 0 radical (unpaired) electrons. The summed E-state index contributed by atoms with van der Waals surface area (Å²) in [6, 6.07) is 10.5. The average molecular weight is 336 g/mol. The molecule has 0 spiro atoms. The van der Waals surface area contributed by atoms with Gasteiger partial charge in [0, 0.05) is 17.9 Å². The lowest BCUT2D eigenvalue weighted by Gasteiger charge is -2.08. The first kappa shape index (κ1) is 17.1. The molecule has 0 saturated heterocycles. The maximum Gasteiger partial charge on any atom is 0.256 e. The van der Waals surface area contributed by atoms with Gasteiger partial charge in [-0.2, -0.15) is 5.10 Å². The third kappa shape index (κ3) is 3.71. The Morgan fingerprint density at radius 3 is 2.60 bits per heavy atom. The minimum absolute atomic E-state index is 0.133. The van der Waals surface area contributed by atoms with Crippen LogP contribution in [0.4, 0.5) is 0 Å². The van der Waals surface area contributed by atoms with Crippen molar-refractivity contribution in [3.8, 4) is 0 Å². The van der Waals surface area contributed by atoms with Crippen molar-refractivity contribution >= 4 is 11.6 Å². The molecule has 0 unspecified atom stereocenters. The number of nitrogens with zero attached hydrogens (tertiary/aromatic N) is 3. The number of hydrogen-bond acceptors (Lipinski definition) is 3. The maximum atomic E-state index is 12.5. The number of benzene rings is 1. The van der Waals surface area contributed by atoms with Crippen LogP contribution in [0.3, 0.4) is 0 Å². The van der Waals surface area contributed by atoms with E-state index in [1.165, 1.54) is 11.1 Å². The molecule has 0 aliphatic rings. The highest BCUT2D eigenvalue weighted by atomic mass is 16.1. The van der Waals surface area contributed by atoms with E-state index in [0.29, 0.717) is 23.7 Å². The summed E-state index contributed by atoms with van der Waals surface area (Å²) in [5, 5.41) is 7.24. The van der Waals surface area contributed by atoms with Gasteiger partial charge in [0.2, 0.25) is 0 Å². The van der Waals surface area contributed by atoms with Gasteiger partial charge in [-0.1, -0.05) is 38.1 Å². The number of carbonyl (C=O) groups excluding carboxylic acids is 1. The average Bonchev–Trinajstić information content (AvgIpc) is 2.99. The van der Waals surface area contributed by atoms with Crippen LogP contribution in [0.2, 0.25) is 0 Å². The van der Waals surface area contributed by atoms with Gasteiger partial charge >= 0.3 is 0 Å². The van der Waals surface area contributed by atoms with Crippen LogP contribution in [0.25, 0.3) is 5.65 Å². The first-order valence-corrected chi connectivity index (χ1v) is 8.64. The summed E-state index contributed by atoms with van der Waals surface area (Å²) in [6.07, 6.45) is 2.39. The van der Waals surface area contributed by atoms with Crippen molar-refractivity contribution < 1.29 is 4.79 Å². The molecular weight excluding hydrogens is 312 g/mol. The lowest BCUT2D eigenvalue weighted by atomic mass is 10.0. The predicted molar refractivity (Wildman–Crippen MR) is 99.0 cm³/mol. The second-order valence-electron chi connectivity index (χ2n) is 6.73. The van der Waals surface area contributed by atoms with Crippen molar-refractivity contribution in [1.29, 1.82) is 0 Å². The molecule has 5 heteroatoms. The Labute approximate surface area is 148 Å². The van der Waals surface area contributed by atoms with Crippen LogP contribution < -0.4 is 5.32 Å². The smallest absolute Gasteiger partial charge is 0.256 e. The first-order chi connectivity index (χ1) is 12.0. The molecule has 3 aromatic rings. The molecule has 0 fully saturated rings. The van der Waals surface area contributed by atoms with Gasteiger partial charge in [0.05, 0.1) is 6.20 Å². The highest BCUT2D eigenvalue weighted by Crippen LogP contribution is 2.15. The van der Waals surface area contributed by atoms with Gasteiger partial charge in [0.25, 0.3) is 5.91 Å². The number of hydrogen-bond donors (Lipinski definition) is 1. The highest BCUT2D eigenvalue weighted by Gasteiger charge is 2.15. The van der Waals surface area contributed by atoms with E-state index in [0.717, 1.165) is 17.8 Å². The van der Waals surface area contributed by atoms with E-state index in [9.17, 15) is 4.79 Å². The molecule has 0 bridgehead atoms. The Balaban J connectivity index is 1.65. The Kier molecular flexibility index (Phi) is 4.83. The number of fused-ring (bicyclic) bond motifs is 1. The van der Waals surface area contributed by atoms with Crippen molar-refractivity contribution in [2.24, 2.45) is 0 Å². The van der Waals surface area contributed by atoms with Gasteiger partial charge in [-0.3, -0.25) is 4.79 Å². The molecule has 2 heterocycles. The predicted octanol–water partition coefficient (Wildman–Crippen LogP) is 3.44. The molecule has 5 nitrogen and oxygen atoms in total. The Bertz CT molecular complexity index is 894. The molecule has 0 atom stereocenters. The minimum Gasteiger partial charge on any atom is -0.352 e. The van der Waals surface area contributed by atoms with Crippen LogP contribution in [0.1, 0.15) is 52.6 Å². The van der Waals surface area contributed by atoms with E-state index >= 15 is 0 Å². The van der Waals surface area contributed by atoms with Crippen molar-refractivity contribution in [3.05, 3.63) is 64.6 Å². The van der Waals surface area contributed by atoms with Crippen molar-refractivity contribution in [2.75, 3.05) is 6.54 Å². The summed E-state index contributed by atoms with van der Waals surface area (Å²) in [7, 11) is 0. The van der Waals surface area contributed by atoms with Crippen LogP contribution in [-0.4, -0.2) is 27.0 Å². The fourth-order valence-corrected chi connectivity index (χ4v) is 2.92. The number of amides is 1. The molecule has 1 amide bonds. The van der Waals surface area contributed by atoms with Gasteiger partial charge in [-0.05, 0) is 43.4 Å². The quantitative estimate of drug-likeness (QED) is 0.776. The lowest BCUT2D eigenvalue weighted by molar-refractivity contribution is 0.0955. The van der Waals surface area contributed by atoms with Gasteiger partial charge < -0.3 is 5.32 Å². The largest absolute Gasteiger partial charge is 0.352 e. The zero-order valence-corrected chi connectivity index (χ0v) is 15.2. The number of carbonyl (C=O) groups is 1. The lowest BCUT2D eigenvalue weighted by Crippen LogP contribution is -2.25. The van der Waals surface area contributed by atoms with Crippen molar-refractivity contribution in [1.82, 2.24) is 19.9 Å². The zero-order chi connectivity index (χ0) is 18.0. The van der Waals surface area contributed by atoms with Crippen LogP contribution in [0.15, 0.2) is 36.5 Å². The third-order valence-corrected chi connectivity index (χ3v) is 4.37. The molecule has 130 valence electrons. The third-order valence-electron chi connectivity index (χ3n) is 4.37. The summed E-state index contributed by atoms with van der Waals surface area (Å²) >= 11 is 0. The van der Waals surface area contributed by atoms with E-state index in [-0.39, 0.29) is 5.91 Å². The molecule has 25 heavy (non-hydrogen) atoms. The maximum absolute atomic E-state index is 12.5. The van der Waals surface area contributed by atoms with Crippen molar-refractivity contribution in [2.45, 2.75) is 40.0 Å². The van der Waals surface area contributed by atoms with Gasteiger partial charge in [0.1, 0.15) is 5.56 Å². The fraction of sp³-hybridized carbons (Fsp3) is 0.350. The standard InChI is InChI=1S/C20H24N4O/c1-13(2)17-7-5-16(6-8-17)9-10-21-20(25)18-12-22-24-15(4)11-14(3)23-19(18)24/h5-8,11-13H,9-10H2,1-4H3,(H,21,25). The highest BCUT2D eigenvalue weighted by molar-refractivity contribution is 5.99. The first-order valence-electron chi connectivity index (χ1n) is 8.64. The second-order valence-corrected chi connectivity index (χ2v) is 6.73. The number of aryl methyl sites for hydroxylation is 2. The minimum atomic E-state index is -0.133. The van der Waals surface area contributed by atoms with E-state index in [2.05, 4.69) is 53.5 Å². The van der Waals surface area contributed by atoms with Crippen LogP contribution >= 0.6 is 0 Å². The molecule has 0 saturated carbocycles. The molecule has 0 aliphatic heterocycles. The van der Waals surface area contributed by atoms with E-state index in [4.69, 9.17) is 0 Å². The summed E-state index contributed by atoms with van der Waals surface area (Å²) in [5.41, 5.74) is 5.51. The second kappa shape index (κ2) is 7.05. The van der Waals surface area contributed by atoms with Gasteiger partial charge in [0.15, 0.2) is 5.65 Å². The normalized spacial score (nSPS) is 11.2. The van der Waals surface area contributed by atoms with Crippen molar-refractivity contribution in [3.63, 3.8) is 0 Å². The van der Waals surface area contributed by atoms with E-state index < -0.39 is 0 Å². The number of nitrogens with one attached hydrogen (secondary N) is 1. The Morgan fingerprint density at radius 1 is 1.20 bits per heavy atom.